The van der Waals surface area contributed by atoms with Crippen molar-refractivity contribution in [3.8, 4) is 0 Å². The van der Waals surface area contributed by atoms with Crippen LogP contribution in [0.3, 0.4) is 0 Å². The molecule has 0 spiro atoms. The van der Waals surface area contributed by atoms with Crippen LogP contribution in [-0.2, 0) is 14.5 Å². The summed E-state index contributed by atoms with van der Waals surface area (Å²) < 4.78 is 0. The SMILES string of the molecule is CN1C(=O)c2ccc(Cl)cc2C(Cl)(CC(N)=O)C1=O. The van der Waals surface area contributed by atoms with Crippen LogP contribution in [0.25, 0.3) is 0 Å². The zero-order valence-corrected chi connectivity index (χ0v) is 11.5. The molecular weight excluding hydrogens is 291 g/mol. The van der Waals surface area contributed by atoms with Gasteiger partial charge in [0.2, 0.25) is 5.91 Å². The second-order valence-corrected chi connectivity index (χ2v) is 5.39. The van der Waals surface area contributed by atoms with Gasteiger partial charge in [-0.2, -0.15) is 0 Å². The van der Waals surface area contributed by atoms with Crippen molar-refractivity contribution in [3.05, 3.63) is 34.3 Å². The second-order valence-electron chi connectivity index (χ2n) is 4.30. The lowest BCUT2D eigenvalue weighted by Crippen LogP contribution is -2.51. The normalized spacial score (nSPS) is 22.4. The first-order valence-corrected chi connectivity index (χ1v) is 6.12. The Morgan fingerprint density at radius 3 is 2.63 bits per heavy atom. The zero-order chi connectivity index (χ0) is 14.4. The molecule has 1 aliphatic heterocycles. The van der Waals surface area contributed by atoms with E-state index in [0.717, 1.165) is 4.90 Å². The lowest BCUT2D eigenvalue weighted by atomic mass is 9.85. The van der Waals surface area contributed by atoms with Crippen molar-refractivity contribution in [1.82, 2.24) is 4.90 Å². The van der Waals surface area contributed by atoms with Gasteiger partial charge >= 0.3 is 0 Å². The molecule has 0 radical (unpaired) electrons. The number of primary amides is 1. The Balaban J connectivity index is 2.70. The van der Waals surface area contributed by atoms with E-state index in [1.807, 2.05) is 0 Å². The number of imide groups is 1. The maximum absolute atomic E-state index is 12.2. The van der Waals surface area contributed by atoms with Gasteiger partial charge in [0.25, 0.3) is 11.8 Å². The quantitative estimate of drug-likeness (QED) is 0.659. The Hall–Kier alpha value is -1.59. The average molecular weight is 301 g/mol. The number of likely N-dealkylation sites (N-methyl/N-ethyl adjacent to an activating group) is 1. The summed E-state index contributed by atoms with van der Waals surface area (Å²) in [7, 11) is 1.31. The molecular formula is C12H10Cl2N2O3. The van der Waals surface area contributed by atoms with Crippen LogP contribution < -0.4 is 5.73 Å². The Kier molecular flexibility index (Phi) is 3.28. The van der Waals surface area contributed by atoms with E-state index in [2.05, 4.69) is 0 Å². The van der Waals surface area contributed by atoms with Gasteiger partial charge in [-0.05, 0) is 23.8 Å². The fourth-order valence-electron chi connectivity index (χ4n) is 2.10. The molecule has 0 saturated heterocycles. The minimum Gasteiger partial charge on any atom is -0.370 e. The molecule has 0 fully saturated rings. The van der Waals surface area contributed by atoms with E-state index < -0.39 is 29.0 Å². The first kappa shape index (κ1) is 13.8. The number of fused-ring (bicyclic) bond motifs is 1. The average Bonchev–Trinajstić information content (AvgIpc) is 2.33. The standard InChI is InChI=1S/C12H10Cl2N2O3/c1-16-10(18)7-3-2-6(13)4-8(7)12(14,11(16)19)5-9(15)17/h2-4H,5H2,1H3,(H2,15,17). The van der Waals surface area contributed by atoms with Gasteiger partial charge in [0.1, 0.15) is 0 Å². The van der Waals surface area contributed by atoms with Crippen LogP contribution in [0.4, 0.5) is 0 Å². The molecule has 1 aromatic rings. The number of hydrogen-bond acceptors (Lipinski definition) is 3. The maximum Gasteiger partial charge on any atom is 0.260 e. The highest BCUT2D eigenvalue weighted by molar-refractivity contribution is 6.39. The summed E-state index contributed by atoms with van der Waals surface area (Å²) in [6, 6.07) is 4.40. The van der Waals surface area contributed by atoms with E-state index in [1.54, 1.807) is 0 Å². The monoisotopic (exact) mass is 300 g/mol. The minimum atomic E-state index is -1.69. The smallest absolute Gasteiger partial charge is 0.260 e. The molecule has 19 heavy (non-hydrogen) atoms. The number of nitrogens with two attached hydrogens (primary N) is 1. The van der Waals surface area contributed by atoms with Crippen LogP contribution in [0.15, 0.2) is 18.2 Å². The topological polar surface area (TPSA) is 80.5 Å². The summed E-state index contributed by atoms with van der Waals surface area (Å²) >= 11 is 12.1. The summed E-state index contributed by atoms with van der Waals surface area (Å²) in [5.41, 5.74) is 5.59. The number of rotatable bonds is 2. The van der Waals surface area contributed by atoms with E-state index in [0.29, 0.717) is 5.02 Å². The highest BCUT2D eigenvalue weighted by atomic mass is 35.5. The van der Waals surface area contributed by atoms with Gasteiger partial charge in [0.05, 0.1) is 6.42 Å². The molecule has 0 bridgehead atoms. The summed E-state index contributed by atoms with van der Waals surface area (Å²) in [5, 5.41) is 0.318. The van der Waals surface area contributed by atoms with Gasteiger partial charge in [0.15, 0.2) is 4.87 Å². The molecule has 5 nitrogen and oxygen atoms in total. The van der Waals surface area contributed by atoms with Crippen molar-refractivity contribution in [1.29, 1.82) is 0 Å². The zero-order valence-electron chi connectivity index (χ0n) is 9.94. The van der Waals surface area contributed by atoms with Gasteiger partial charge in [-0.1, -0.05) is 11.6 Å². The molecule has 2 rings (SSSR count). The largest absolute Gasteiger partial charge is 0.370 e. The molecule has 3 amide bonds. The van der Waals surface area contributed by atoms with Crippen LogP contribution in [0.5, 0.6) is 0 Å². The number of carbonyl (C=O) groups is 3. The van der Waals surface area contributed by atoms with E-state index in [4.69, 9.17) is 28.9 Å². The Labute approximate surface area is 119 Å². The number of alkyl halides is 1. The molecule has 1 aromatic carbocycles. The van der Waals surface area contributed by atoms with Gasteiger partial charge in [0, 0.05) is 17.6 Å². The molecule has 0 aliphatic carbocycles. The predicted octanol–water partition coefficient (Wildman–Crippen LogP) is 1.26. The molecule has 1 unspecified atom stereocenters. The van der Waals surface area contributed by atoms with Crippen LogP contribution in [-0.4, -0.2) is 29.7 Å². The highest BCUT2D eigenvalue weighted by Gasteiger charge is 2.49. The van der Waals surface area contributed by atoms with E-state index in [-0.39, 0.29) is 11.1 Å². The van der Waals surface area contributed by atoms with Gasteiger partial charge in [-0.3, -0.25) is 19.3 Å². The van der Waals surface area contributed by atoms with Crippen molar-refractivity contribution in [2.45, 2.75) is 11.3 Å². The first-order chi connectivity index (χ1) is 8.77. The molecule has 0 aromatic heterocycles. The van der Waals surface area contributed by atoms with Crippen LogP contribution in [0.1, 0.15) is 22.3 Å². The van der Waals surface area contributed by atoms with Crippen LogP contribution in [0, 0.1) is 0 Å². The van der Waals surface area contributed by atoms with E-state index in [9.17, 15) is 14.4 Å². The Bertz CT molecular complexity index is 603. The lowest BCUT2D eigenvalue weighted by Gasteiger charge is -2.35. The third-order valence-electron chi connectivity index (χ3n) is 3.01. The number of nitrogens with zero attached hydrogens (tertiary/aromatic N) is 1. The highest BCUT2D eigenvalue weighted by Crippen LogP contribution is 2.41. The molecule has 2 N–H and O–H groups in total. The van der Waals surface area contributed by atoms with E-state index in [1.165, 1.54) is 25.2 Å². The minimum absolute atomic E-state index is 0.216. The third kappa shape index (κ3) is 2.09. The van der Waals surface area contributed by atoms with E-state index >= 15 is 0 Å². The molecule has 0 saturated carbocycles. The van der Waals surface area contributed by atoms with Crippen LogP contribution in [0.2, 0.25) is 5.02 Å². The summed E-state index contributed by atoms with van der Waals surface area (Å²) in [5.74, 6) is -1.91. The number of carbonyl (C=O) groups excluding carboxylic acids is 3. The van der Waals surface area contributed by atoms with Crippen molar-refractivity contribution < 1.29 is 14.4 Å². The van der Waals surface area contributed by atoms with Crippen molar-refractivity contribution >= 4 is 40.9 Å². The number of hydrogen-bond donors (Lipinski definition) is 1. The Morgan fingerprint density at radius 2 is 2.05 bits per heavy atom. The summed E-state index contributed by atoms with van der Waals surface area (Å²) in [6.45, 7) is 0. The fourth-order valence-corrected chi connectivity index (χ4v) is 2.68. The number of halogens is 2. The molecule has 100 valence electrons. The Morgan fingerprint density at radius 1 is 1.42 bits per heavy atom. The van der Waals surface area contributed by atoms with Gasteiger partial charge in [-0.25, -0.2) is 0 Å². The van der Waals surface area contributed by atoms with Crippen molar-refractivity contribution in [3.63, 3.8) is 0 Å². The number of benzene rings is 1. The molecule has 7 heteroatoms. The van der Waals surface area contributed by atoms with Gasteiger partial charge < -0.3 is 5.73 Å². The number of amides is 3. The second kappa shape index (κ2) is 4.51. The summed E-state index contributed by atoms with van der Waals surface area (Å²) in [4.78, 5) is 34.5. The lowest BCUT2D eigenvalue weighted by molar-refractivity contribution is -0.134. The fraction of sp³-hybridized carbons (Fsp3) is 0.250. The van der Waals surface area contributed by atoms with Crippen molar-refractivity contribution in [2.24, 2.45) is 5.73 Å². The third-order valence-corrected chi connectivity index (χ3v) is 3.74. The molecule has 1 atom stereocenters. The molecule has 1 heterocycles. The molecule has 1 aliphatic rings. The van der Waals surface area contributed by atoms with Gasteiger partial charge in [-0.15, -0.1) is 11.6 Å². The van der Waals surface area contributed by atoms with Crippen molar-refractivity contribution in [2.75, 3.05) is 7.05 Å². The van der Waals surface area contributed by atoms with Crippen LogP contribution >= 0.6 is 23.2 Å². The summed E-state index contributed by atoms with van der Waals surface area (Å²) in [6.07, 6.45) is -0.404. The maximum atomic E-state index is 12.2. The predicted molar refractivity (Wildman–Crippen MR) is 69.9 cm³/mol. The first-order valence-electron chi connectivity index (χ1n) is 5.37.